The summed E-state index contributed by atoms with van der Waals surface area (Å²) in [4.78, 5) is 15.4. The van der Waals surface area contributed by atoms with E-state index < -0.39 is 0 Å². The first kappa shape index (κ1) is 27.5. The van der Waals surface area contributed by atoms with E-state index in [1.807, 2.05) is 30.3 Å². The lowest BCUT2D eigenvalue weighted by atomic mass is 9.94. The van der Waals surface area contributed by atoms with Crippen LogP contribution >= 0.6 is 0 Å². The Morgan fingerprint density at radius 3 is 1.69 bits per heavy atom. The summed E-state index contributed by atoms with van der Waals surface area (Å²) in [6.07, 6.45) is 0. The Hall–Kier alpha value is -6.65. The van der Waals surface area contributed by atoms with E-state index in [0.29, 0.717) is 17.5 Å². The monoisotopic (exact) mass is 625 g/mol. The van der Waals surface area contributed by atoms with Crippen molar-refractivity contribution in [2.45, 2.75) is 0 Å². The van der Waals surface area contributed by atoms with Crippen molar-refractivity contribution in [2.75, 3.05) is 0 Å². The van der Waals surface area contributed by atoms with Crippen LogP contribution in [0, 0.1) is 0 Å². The van der Waals surface area contributed by atoms with Gasteiger partial charge in [-0.3, -0.25) is 0 Å². The molecule has 0 unspecified atom stereocenters. The average Bonchev–Trinajstić information content (AvgIpc) is 3.56. The molecule has 4 heteroatoms. The van der Waals surface area contributed by atoms with E-state index in [1.165, 1.54) is 16.2 Å². The lowest BCUT2D eigenvalue weighted by Gasteiger charge is -2.11. The summed E-state index contributed by atoms with van der Waals surface area (Å²) < 4.78 is 6.68. The van der Waals surface area contributed by atoms with Crippen molar-refractivity contribution in [1.29, 1.82) is 0 Å². The maximum Gasteiger partial charge on any atom is 0.164 e. The number of aromatic nitrogens is 3. The first-order valence-electron chi connectivity index (χ1n) is 16.4. The van der Waals surface area contributed by atoms with Gasteiger partial charge in [0.15, 0.2) is 17.5 Å². The second-order valence-corrected chi connectivity index (χ2v) is 12.4. The van der Waals surface area contributed by atoms with E-state index in [-0.39, 0.29) is 0 Å². The van der Waals surface area contributed by atoms with Crippen LogP contribution in [0.4, 0.5) is 0 Å². The fraction of sp³-hybridized carbons (Fsp3) is 0. The molecule has 0 saturated heterocycles. The minimum Gasteiger partial charge on any atom is -0.455 e. The van der Waals surface area contributed by atoms with Gasteiger partial charge in [0, 0.05) is 32.8 Å². The molecule has 228 valence electrons. The van der Waals surface area contributed by atoms with E-state index >= 15 is 0 Å². The second kappa shape index (κ2) is 11.0. The number of benzene rings is 8. The molecule has 0 aliphatic rings. The summed E-state index contributed by atoms with van der Waals surface area (Å²) in [5.74, 6) is 1.88. The van der Waals surface area contributed by atoms with Crippen LogP contribution in [-0.4, -0.2) is 15.0 Å². The summed E-state index contributed by atoms with van der Waals surface area (Å²) in [6.45, 7) is 0. The van der Waals surface area contributed by atoms with E-state index in [0.717, 1.165) is 65.9 Å². The zero-order valence-electron chi connectivity index (χ0n) is 26.3. The summed E-state index contributed by atoms with van der Waals surface area (Å²) in [7, 11) is 0. The van der Waals surface area contributed by atoms with Crippen molar-refractivity contribution in [3.8, 4) is 45.3 Å². The molecule has 4 nitrogen and oxygen atoms in total. The first-order chi connectivity index (χ1) is 24.3. The molecule has 10 rings (SSSR count). The third-order valence-electron chi connectivity index (χ3n) is 9.48. The lowest BCUT2D eigenvalue weighted by molar-refractivity contribution is 0.673. The molecule has 0 radical (unpaired) electrons. The van der Waals surface area contributed by atoms with E-state index in [2.05, 4.69) is 133 Å². The molecule has 2 aromatic heterocycles. The van der Waals surface area contributed by atoms with Crippen molar-refractivity contribution in [2.24, 2.45) is 0 Å². The fourth-order valence-corrected chi connectivity index (χ4v) is 7.10. The van der Waals surface area contributed by atoms with Crippen LogP contribution < -0.4 is 0 Å². The number of fused-ring (bicyclic) bond motifs is 7. The van der Waals surface area contributed by atoms with Crippen LogP contribution in [0.5, 0.6) is 0 Å². The Kier molecular flexibility index (Phi) is 6.15. The largest absolute Gasteiger partial charge is 0.455 e. The van der Waals surface area contributed by atoms with Gasteiger partial charge in [-0.1, -0.05) is 140 Å². The number of hydrogen-bond acceptors (Lipinski definition) is 4. The van der Waals surface area contributed by atoms with E-state index in [9.17, 15) is 0 Å². The average molecular weight is 626 g/mol. The molecule has 0 bridgehead atoms. The van der Waals surface area contributed by atoms with Crippen LogP contribution in [0.1, 0.15) is 0 Å². The number of nitrogens with zero attached hydrogens (tertiary/aromatic N) is 3. The van der Waals surface area contributed by atoms with Crippen molar-refractivity contribution in [3.63, 3.8) is 0 Å². The SMILES string of the molecule is c1ccc(-c2nc(-c3ccc4ccccc4c3)nc(-c3cc4c(oc5cccc(-c6ccc7ccccc7c6)c54)c4ccccc34)n2)cc1. The number of hydrogen-bond donors (Lipinski definition) is 0. The molecular weight excluding hydrogens is 599 g/mol. The predicted octanol–water partition coefficient (Wildman–Crippen LogP) is 11.9. The summed E-state index contributed by atoms with van der Waals surface area (Å²) in [5, 5.41) is 8.88. The molecule has 0 spiro atoms. The first-order valence-corrected chi connectivity index (χ1v) is 16.4. The molecule has 0 aliphatic heterocycles. The highest BCUT2D eigenvalue weighted by atomic mass is 16.3. The van der Waals surface area contributed by atoms with Crippen LogP contribution in [0.15, 0.2) is 168 Å². The number of rotatable bonds is 4. The highest BCUT2D eigenvalue weighted by Crippen LogP contribution is 2.43. The van der Waals surface area contributed by atoms with E-state index in [4.69, 9.17) is 19.4 Å². The zero-order valence-corrected chi connectivity index (χ0v) is 26.3. The molecule has 0 N–H and O–H groups in total. The van der Waals surface area contributed by atoms with Crippen molar-refractivity contribution < 1.29 is 4.42 Å². The van der Waals surface area contributed by atoms with Crippen LogP contribution in [-0.2, 0) is 0 Å². The Labute approximate surface area is 282 Å². The molecular formula is C45H27N3O. The molecule has 0 atom stereocenters. The predicted molar refractivity (Wildman–Crippen MR) is 201 cm³/mol. The topological polar surface area (TPSA) is 51.8 Å². The molecule has 10 aromatic rings. The lowest BCUT2D eigenvalue weighted by Crippen LogP contribution is -2.00. The second-order valence-electron chi connectivity index (χ2n) is 12.4. The maximum atomic E-state index is 6.68. The standard InChI is InChI=1S/C45H27N3O/c1-2-13-30(14-3-1)43-46-44(34-24-22-29-12-5-7-16-32(29)26-34)48-45(47-43)38-27-39-41-35(33-23-21-28-11-4-6-15-31(28)25-33)19-10-20-40(41)49-42(39)37-18-9-8-17-36(37)38/h1-27H. The third-order valence-corrected chi connectivity index (χ3v) is 9.48. The van der Waals surface area contributed by atoms with Crippen molar-refractivity contribution in [3.05, 3.63) is 164 Å². The van der Waals surface area contributed by atoms with Gasteiger partial charge in [0.25, 0.3) is 0 Å². The van der Waals surface area contributed by atoms with Gasteiger partial charge in [-0.15, -0.1) is 0 Å². The molecule has 2 heterocycles. The maximum absolute atomic E-state index is 6.68. The van der Waals surface area contributed by atoms with Gasteiger partial charge >= 0.3 is 0 Å². The zero-order chi connectivity index (χ0) is 32.3. The summed E-state index contributed by atoms with van der Waals surface area (Å²) in [6, 6.07) is 56.9. The highest BCUT2D eigenvalue weighted by molar-refractivity contribution is 6.22. The highest BCUT2D eigenvalue weighted by Gasteiger charge is 2.20. The van der Waals surface area contributed by atoms with Crippen molar-refractivity contribution >= 4 is 54.3 Å². The Morgan fingerprint density at radius 2 is 0.939 bits per heavy atom. The van der Waals surface area contributed by atoms with E-state index in [1.54, 1.807) is 0 Å². The smallest absolute Gasteiger partial charge is 0.164 e. The molecule has 0 saturated carbocycles. The van der Waals surface area contributed by atoms with Crippen molar-refractivity contribution in [1.82, 2.24) is 15.0 Å². The fourth-order valence-electron chi connectivity index (χ4n) is 7.10. The molecule has 0 amide bonds. The van der Waals surface area contributed by atoms with Gasteiger partial charge < -0.3 is 4.42 Å². The van der Waals surface area contributed by atoms with Gasteiger partial charge in [-0.25, -0.2) is 15.0 Å². The number of furan rings is 1. The van der Waals surface area contributed by atoms with Gasteiger partial charge in [-0.05, 0) is 62.3 Å². The molecule has 0 fully saturated rings. The van der Waals surface area contributed by atoms with Crippen LogP contribution in [0.25, 0.3) is 99.5 Å². The molecule has 49 heavy (non-hydrogen) atoms. The Morgan fingerprint density at radius 1 is 0.347 bits per heavy atom. The van der Waals surface area contributed by atoms with Gasteiger partial charge in [-0.2, -0.15) is 0 Å². The Balaban J connectivity index is 1.26. The van der Waals surface area contributed by atoms with Gasteiger partial charge in [0.2, 0.25) is 0 Å². The third kappa shape index (κ3) is 4.57. The van der Waals surface area contributed by atoms with Gasteiger partial charge in [0.05, 0.1) is 0 Å². The molecule has 0 aliphatic carbocycles. The quantitative estimate of drug-likeness (QED) is 0.195. The minimum atomic E-state index is 0.618. The minimum absolute atomic E-state index is 0.618. The Bertz CT molecular complexity index is 2890. The van der Waals surface area contributed by atoms with Crippen LogP contribution in [0.2, 0.25) is 0 Å². The van der Waals surface area contributed by atoms with Gasteiger partial charge in [0.1, 0.15) is 11.2 Å². The summed E-state index contributed by atoms with van der Waals surface area (Å²) in [5.41, 5.74) is 6.78. The summed E-state index contributed by atoms with van der Waals surface area (Å²) >= 11 is 0. The van der Waals surface area contributed by atoms with Crippen LogP contribution in [0.3, 0.4) is 0 Å². The normalized spacial score (nSPS) is 11.7. The molecule has 8 aromatic carbocycles.